The molecule has 0 saturated heterocycles. The molecule has 2 aromatic heterocycles. The lowest BCUT2D eigenvalue weighted by Crippen LogP contribution is -2.25. The zero-order chi connectivity index (χ0) is 11.4. The molecule has 2 heterocycles. The van der Waals surface area contributed by atoms with E-state index in [0.29, 0.717) is 6.42 Å². The summed E-state index contributed by atoms with van der Waals surface area (Å²) in [6.07, 6.45) is 4.26. The smallest absolute Gasteiger partial charge is 0.136 e. The molecule has 0 spiro atoms. The number of nitrogens with zero attached hydrogens (tertiary/aromatic N) is 3. The summed E-state index contributed by atoms with van der Waals surface area (Å²) < 4.78 is 2.05. The second-order valence-electron chi connectivity index (χ2n) is 3.82. The molecule has 0 radical (unpaired) electrons. The van der Waals surface area contributed by atoms with Gasteiger partial charge in [0, 0.05) is 30.7 Å². The topological polar surface area (TPSA) is 53.1 Å². The van der Waals surface area contributed by atoms with Crippen molar-refractivity contribution in [3.63, 3.8) is 0 Å². The summed E-state index contributed by atoms with van der Waals surface area (Å²) in [4.78, 5) is 4.23. The fraction of sp³-hybridized carbons (Fsp3) is 0.333. The van der Waals surface area contributed by atoms with E-state index in [0.717, 1.165) is 17.9 Å². The first-order valence-corrected chi connectivity index (χ1v) is 5.32. The molecule has 82 valence electrons. The molecule has 1 N–H and O–H groups in total. The van der Waals surface area contributed by atoms with Crippen LogP contribution in [-0.2, 0) is 6.54 Å². The number of aromatic nitrogens is 2. The van der Waals surface area contributed by atoms with Crippen LogP contribution >= 0.6 is 0 Å². The molecule has 16 heavy (non-hydrogen) atoms. The molecule has 4 heteroatoms. The Hall–Kier alpha value is -1.86. The van der Waals surface area contributed by atoms with Gasteiger partial charge in [-0.2, -0.15) is 5.26 Å². The fourth-order valence-electron chi connectivity index (χ4n) is 1.64. The molecular weight excluding hydrogens is 200 g/mol. The molecule has 4 nitrogen and oxygen atoms in total. The first-order valence-electron chi connectivity index (χ1n) is 5.32. The highest BCUT2D eigenvalue weighted by atomic mass is 15.0. The lowest BCUT2D eigenvalue weighted by Gasteiger charge is -2.11. The Bertz CT molecular complexity index is 509. The van der Waals surface area contributed by atoms with Crippen molar-refractivity contribution in [1.29, 1.82) is 5.26 Å². The van der Waals surface area contributed by atoms with Crippen molar-refractivity contribution in [2.24, 2.45) is 0 Å². The monoisotopic (exact) mass is 214 g/mol. The maximum Gasteiger partial charge on any atom is 0.136 e. The van der Waals surface area contributed by atoms with Gasteiger partial charge in [-0.3, -0.25) is 0 Å². The van der Waals surface area contributed by atoms with E-state index in [2.05, 4.69) is 22.4 Å². The van der Waals surface area contributed by atoms with Gasteiger partial charge in [-0.25, -0.2) is 4.98 Å². The Morgan fingerprint density at radius 3 is 3.25 bits per heavy atom. The molecule has 1 atom stereocenters. The molecule has 0 aromatic carbocycles. The molecule has 1 unspecified atom stereocenters. The van der Waals surface area contributed by atoms with Crippen molar-refractivity contribution in [1.82, 2.24) is 14.7 Å². The van der Waals surface area contributed by atoms with Gasteiger partial charge in [-0.15, -0.1) is 0 Å². The summed E-state index contributed by atoms with van der Waals surface area (Å²) in [5.74, 6) is 0. The van der Waals surface area contributed by atoms with Crippen LogP contribution in [0.15, 0.2) is 30.6 Å². The minimum atomic E-state index is 0.212. The third kappa shape index (κ3) is 2.20. The lowest BCUT2D eigenvalue weighted by molar-refractivity contribution is 0.549. The number of nitrogens with one attached hydrogen (secondary N) is 1. The maximum atomic E-state index is 8.57. The third-order valence-electron chi connectivity index (χ3n) is 2.54. The number of rotatable bonds is 4. The van der Waals surface area contributed by atoms with Gasteiger partial charge in [-0.05, 0) is 19.1 Å². The van der Waals surface area contributed by atoms with Gasteiger partial charge < -0.3 is 9.72 Å². The number of hydrogen-bond donors (Lipinski definition) is 1. The lowest BCUT2D eigenvalue weighted by atomic mass is 10.2. The second kappa shape index (κ2) is 4.77. The zero-order valence-electron chi connectivity index (χ0n) is 9.22. The van der Waals surface area contributed by atoms with Crippen LogP contribution in [0, 0.1) is 11.3 Å². The van der Waals surface area contributed by atoms with Gasteiger partial charge in [0.15, 0.2) is 0 Å². The van der Waals surface area contributed by atoms with E-state index >= 15 is 0 Å². The molecule has 0 amide bonds. The van der Waals surface area contributed by atoms with E-state index in [1.54, 1.807) is 6.20 Å². The first kappa shape index (κ1) is 10.7. The molecule has 2 rings (SSSR count). The minimum absolute atomic E-state index is 0.212. The SMILES string of the molecule is CC(CC#N)NCc1cccc2nccn12. The molecular formula is C12H14N4. The van der Waals surface area contributed by atoms with E-state index in [9.17, 15) is 0 Å². The Morgan fingerprint density at radius 2 is 2.44 bits per heavy atom. The standard InChI is InChI=1S/C12H14N4/c1-10(5-6-13)15-9-11-3-2-4-12-14-7-8-16(11)12/h2-4,7-8,10,15H,5,9H2,1H3. The molecule has 0 aliphatic rings. The van der Waals surface area contributed by atoms with Crippen molar-refractivity contribution < 1.29 is 0 Å². The number of nitriles is 1. The van der Waals surface area contributed by atoms with E-state index < -0.39 is 0 Å². The van der Waals surface area contributed by atoms with Gasteiger partial charge in [0.2, 0.25) is 0 Å². The highest BCUT2D eigenvalue weighted by molar-refractivity contribution is 5.39. The van der Waals surface area contributed by atoms with Crippen molar-refractivity contribution in [3.8, 4) is 6.07 Å². The number of hydrogen-bond acceptors (Lipinski definition) is 3. The van der Waals surface area contributed by atoms with E-state index in [1.807, 2.05) is 29.7 Å². The molecule has 2 aromatic rings. The largest absolute Gasteiger partial charge is 0.308 e. The molecule has 0 bridgehead atoms. The van der Waals surface area contributed by atoms with Crippen LogP contribution in [0.4, 0.5) is 0 Å². The Morgan fingerprint density at radius 1 is 1.56 bits per heavy atom. The van der Waals surface area contributed by atoms with Gasteiger partial charge in [0.05, 0.1) is 12.5 Å². The van der Waals surface area contributed by atoms with E-state index in [1.165, 1.54) is 0 Å². The summed E-state index contributed by atoms with van der Waals surface area (Å²) >= 11 is 0. The summed E-state index contributed by atoms with van der Waals surface area (Å²) in [7, 11) is 0. The maximum absolute atomic E-state index is 8.57. The van der Waals surface area contributed by atoms with Gasteiger partial charge in [-0.1, -0.05) is 6.07 Å². The quantitative estimate of drug-likeness (QED) is 0.843. The highest BCUT2D eigenvalue weighted by Crippen LogP contribution is 2.06. The minimum Gasteiger partial charge on any atom is -0.308 e. The molecule has 0 fully saturated rings. The normalized spacial score (nSPS) is 12.5. The van der Waals surface area contributed by atoms with Crippen LogP contribution in [0.1, 0.15) is 19.0 Å². The summed E-state index contributed by atoms with van der Waals surface area (Å²) in [5.41, 5.74) is 2.10. The fourth-order valence-corrected chi connectivity index (χ4v) is 1.64. The van der Waals surface area contributed by atoms with Crippen LogP contribution in [0.3, 0.4) is 0 Å². The van der Waals surface area contributed by atoms with Crippen molar-refractivity contribution in [2.75, 3.05) is 0 Å². The van der Waals surface area contributed by atoms with Crippen molar-refractivity contribution in [3.05, 3.63) is 36.3 Å². The Balaban J connectivity index is 2.10. The highest BCUT2D eigenvalue weighted by Gasteiger charge is 2.03. The van der Waals surface area contributed by atoms with Gasteiger partial charge in [0.25, 0.3) is 0 Å². The summed E-state index contributed by atoms with van der Waals surface area (Å²) in [5, 5.41) is 11.9. The molecule has 0 aliphatic heterocycles. The van der Waals surface area contributed by atoms with Crippen LogP contribution in [0.5, 0.6) is 0 Å². The molecule has 0 aliphatic carbocycles. The first-order chi connectivity index (χ1) is 7.81. The van der Waals surface area contributed by atoms with E-state index in [-0.39, 0.29) is 6.04 Å². The zero-order valence-corrected chi connectivity index (χ0v) is 9.22. The average Bonchev–Trinajstić information content (AvgIpc) is 2.75. The summed E-state index contributed by atoms with van der Waals surface area (Å²) in [6.45, 7) is 2.76. The van der Waals surface area contributed by atoms with Crippen LogP contribution in [0.25, 0.3) is 5.65 Å². The van der Waals surface area contributed by atoms with Crippen molar-refractivity contribution in [2.45, 2.75) is 25.9 Å². The summed E-state index contributed by atoms with van der Waals surface area (Å²) in [6, 6.07) is 8.39. The van der Waals surface area contributed by atoms with Gasteiger partial charge >= 0.3 is 0 Å². The van der Waals surface area contributed by atoms with Crippen LogP contribution in [0.2, 0.25) is 0 Å². The molecule has 0 saturated carbocycles. The van der Waals surface area contributed by atoms with Crippen molar-refractivity contribution >= 4 is 5.65 Å². The second-order valence-corrected chi connectivity index (χ2v) is 3.82. The number of imidazole rings is 1. The Labute approximate surface area is 94.5 Å². The Kier molecular flexibility index (Phi) is 3.18. The van der Waals surface area contributed by atoms with E-state index in [4.69, 9.17) is 5.26 Å². The number of pyridine rings is 1. The number of fused-ring (bicyclic) bond motifs is 1. The predicted molar refractivity (Wildman–Crippen MR) is 61.7 cm³/mol. The third-order valence-corrected chi connectivity index (χ3v) is 2.54. The van der Waals surface area contributed by atoms with Crippen LogP contribution < -0.4 is 5.32 Å². The average molecular weight is 214 g/mol. The van der Waals surface area contributed by atoms with Gasteiger partial charge in [0.1, 0.15) is 5.65 Å². The van der Waals surface area contributed by atoms with Crippen LogP contribution in [-0.4, -0.2) is 15.4 Å². The predicted octanol–water partition coefficient (Wildman–Crippen LogP) is 1.73.